The smallest absolute Gasteiger partial charge is 0.406 e. The van der Waals surface area contributed by atoms with Crippen LogP contribution < -0.4 is 21.3 Å². The molecule has 10 heteroatoms. The lowest BCUT2D eigenvalue weighted by atomic mass is 10.1. The van der Waals surface area contributed by atoms with E-state index < -0.39 is 29.6 Å². The van der Waals surface area contributed by atoms with Crippen molar-refractivity contribution in [3.8, 4) is 5.75 Å². The fraction of sp³-hybridized carbons (Fsp3) is 0.444. The van der Waals surface area contributed by atoms with E-state index in [1.54, 1.807) is 19.9 Å². The number of hydrogen-bond donors (Lipinski definition) is 2. The third-order valence-corrected chi connectivity index (χ3v) is 4.06. The molecule has 1 atom stereocenters. The highest BCUT2D eigenvalue weighted by Crippen LogP contribution is 2.26. The number of nitrogens with one attached hydrogen (secondary N) is 1. The van der Waals surface area contributed by atoms with Crippen molar-refractivity contribution in [1.29, 1.82) is 0 Å². The van der Waals surface area contributed by atoms with Crippen molar-refractivity contribution in [3.05, 3.63) is 40.2 Å². The Morgan fingerprint density at radius 2 is 2.04 bits per heavy atom. The summed E-state index contributed by atoms with van der Waals surface area (Å²) >= 11 is 0. The third-order valence-electron chi connectivity index (χ3n) is 4.06. The molecular formula is C18H22F3N3O4. The predicted molar refractivity (Wildman–Crippen MR) is 96.9 cm³/mol. The molecule has 3 N–H and O–H groups in total. The highest BCUT2D eigenvalue weighted by atomic mass is 19.4. The molecule has 0 fully saturated rings. The molecule has 0 saturated heterocycles. The zero-order valence-corrected chi connectivity index (χ0v) is 15.5. The number of fused-ring (bicyclic) bond motifs is 1. The monoisotopic (exact) mass is 401 g/mol. The summed E-state index contributed by atoms with van der Waals surface area (Å²) in [6.07, 6.45) is -4.83. The van der Waals surface area contributed by atoms with Crippen LogP contribution in [0, 0.1) is 0 Å². The lowest BCUT2D eigenvalue weighted by Gasteiger charge is -2.16. The Morgan fingerprint density at radius 3 is 2.64 bits per heavy atom. The SMILES string of the molecule is CCOCCn1c(=O)c(CNC(C)C(N)=O)cc2ccc(OC(F)(F)F)cc21. The van der Waals surface area contributed by atoms with E-state index >= 15 is 0 Å². The summed E-state index contributed by atoms with van der Waals surface area (Å²) in [6, 6.07) is 4.70. The minimum absolute atomic E-state index is 0.0777. The van der Waals surface area contributed by atoms with Crippen molar-refractivity contribution in [2.75, 3.05) is 13.2 Å². The Morgan fingerprint density at radius 1 is 1.32 bits per heavy atom. The van der Waals surface area contributed by atoms with Gasteiger partial charge in [-0.2, -0.15) is 0 Å². The molecule has 0 bridgehead atoms. The van der Waals surface area contributed by atoms with E-state index in [1.165, 1.54) is 22.8 Å². The van der Waals surface area contributed by atoms with Crippen molar-refractivity contribution in [3.63, 3.8) is 0 Å². The van der Waals surface area contributed by atoms with E-state index in [9.17, 15) is 22.8 Å². The number of nitrogens with two attached hydrogens (primary N) is 1. The molecule has 2 aromatic rings. The van der Waals surface area contributed by atoms with Crippen molar-refractivity contribution in [2.45, 2.75) is 39.3 Å². The van der Waals surface area contributed by atoms with E-state index in [2.05, 4.69) is 10.1 Å². The molecule has 28 heavy (non-hydrogen) atoms. The topological polar surface area (TPSA) is 95.6 Å². The van der Waals surface area contributed by atoms with Crippen LogP contribution in [0.25, 0.3) is 10.9 Å². The number of nitrogens with zero attached hydrogens (tertiary/aromatic N) is 1. The molecule has 1 aromatic heterocycles. The first kappa shape index (κ1) is 21.7. The summed E-state index contributed by atoms with van der Waals surface area (Å²) in [5.74, 6) is -0.982. The van der Waals surface area contributed by atoms with Crippen molar-refractivity contribution >= 4 is 16.8 Å². The Bertz CT molecular complexity index is 896. The van der Waals surface area contributed by atoms with Crippen molar-refractivity contribution in [1.82, 2.24) is 9.88 Å². The number of ether oxygens (including phenoxy) is 2. The van der Waals surface area contributed by atoms with Crippen LogP contribution in [0.15, 0.2) is 29.1 Å². The van der Waals surface area contributed by atoms with E-state index in [4.69, 9.17) is 10.5 Å². The maximum atomic E-state index is 12.8. The lowest BCUT2D eigenvalue weighted by Crippen LogP contribution is -2.39. The number of amides is 1. The number of alkyl halides is 3. The highest BCUT2D eigenvalue weighted by Gasteiger charge is 2.31. The van der Waals surface area contributed by atoms with Gasteiger partial charge in [-0.15, -0.1) is 13.2 Å². The number of aromatic nitrogens is 1. The Hall–Kier alpha value is -2.59. The first-order valence-electron chi connectivity index (χ1n) is 8.65. The first-order chi connectivity index (χ1) is 13.1. The number of carbonyl (C=O) groups excluding carboxylic acids is 1. The van der Waals surface area contributed by atoms with Gasteiger partial charge in [-0.25, -0.2) is 0 Å². The van der Waals surface area contributed by atoms with Crippen LogP contribution in [-0.4, -0.2) is 36.1 Å². The Kier molecular flexibility index (Phi) is 7.03. The normalized spacial score (nSPS) is 12.9. The van der Waals surface area contributed by atoms with Gasteiger partial charge in [0.15, 0.2) is 0 Å². The summed E-state index contributed by atoms with van der Waals surface area (Å²) in [5, 5.41) is 3.40. The molecule has 1 amide bonds. The van der Waals surface area contributed by atoms with Gasteiger partial charge in [0.05, 0.1) is 18.2 Å². The van der Waals surface area contributed by atoms with Crippen LogP contribution in [0.2, 0.25) is 0 Å². The molecular weight excluding hydrogens is 379 g/mol. The number of pyridine rings is 1. The fourth-order valence-electron chi connectivity index (χ4n) is 2.62. The van der Waals surface area contributed by atoms with Gasteiger partial charge in [0.1, 0.15) is 5.75 Å². The summed E-state index contributed by atoms with van der Waals surface area (Å²) in [6.45, 7) is 4.24. The Balaban J connectivity index is 2.46. The summed E-state index contributed by atoms with van der Waals surface area (Å²) < 4.78 is 48.1. The average Bonchev–Trinajstić information content (AvgIpc) is 2.60. The van der Waals surface area contributed by atoms with Crippen molar-refractivity contribution < 1.29 is 27.4 Å². The Labute approximate surface area is 159 Å². The largest absolute Gasteiger partial charge is 0.573 e. The molecule has 2 rings (SSSR count). The standard InChI is InChI=1S/C18H22F3N3O4/c1-3-27-7-6-24-15-9-14(28-18(19,20)21)5-4-12(15)8-13(17(24)26)10-23-11(2)16(22)25/h4-5,8-9,11,23H,3,6-7,10H2,1-2H3,(H2,22,25). The third kappa shape index (κ3) is 5.70. The van der Waals surface area contributed by atoms with Crippen LogP contribution in [0.4, 0.5) is 13.2 Å². The molecule has 154 valence electrons. The summed E-state index contributed by atoms with van der Waals surface area (Å²) in [7, 11) is 0. The number of halogens is 3. The highest BCUT2D eigenvalue weighted by molar-refractivity contribution is 5.81. The molecule has 1 unspecified atom stereocenters. The maximum absolute atomic E-state index is 12.8. The van der Waals surface area contributed by atoms with Crippen LogP contribution in [0.1, 0.15) is 19.4 Å². The van der Waals surface area contributed by atoms with Gasteiger partial charge in [-0.1, -0.05) is 0 Å². The zero-order chi connectivity index (χ0) is 20.9. The summed E-state index contributed by atoms with van der Waals surface area (Å²) in [4.78, 5) is 24.0. The number of rotatable bonds is 9. The van der Waals surface area contributed by atoms with Gasteiger partial charge in [0.25, 0.3) is 5.56 Å². The summed E-state index contributed by atoms with van der Waals surface area (Å²) in [5.41, 5.74) is 5.44. The molecule has 1 heterocycles. The van der Waals surface area contributed by atoms with Gasteiger partial charge in [0.2, 0.25) is 5.91 Å². The maximum Gasteiger partial charge on any atom is 0.573 e. The van der Waals surface area contributed by atoms with Crippen LogP contribution in [0.3, 0.4) is 0 Å². The quantitative estimate of drug-likeness (QED) is 0.626. The van der Waals surface area contributed by atoms with Crippen LogP contribution in [0.5, 0.6) is 5.75 Å². The molecule has 0 radical (unpaired) electrons. The molecule has 0 aliphatic heterocycles. The molecule has 7 nitrogen and oxygen atoms in total. The molecule has 1 aromatic carbocycles. The molecule has 0 spiro atoms. The lowest BCUT2D eigenvalue weighted by molar-refractivity contribution is -0.274. The predicted octanol–water partition coefficient (Wildman–Crippen LogP) is 1.90. The molecule has 0 aliphatic carbocycles. The second kappa shape index (κ2) is 9.07. The average molecular weight is 401 g/mol. The fourth-order valence-corrected chi connectivity index (χ4v) is 2.62. The van der Waals surface area contributed by atoms with E-state index in [0.717, 1.165) is 0 Å². The molecule has 0 saturated carbocycles. The number of primary amides is 1. The number of benzene rings is 1. The minimum atomic E-state index is -4.83. The minimum Gasteiger partial charge on any atom is -0.406 e. The van der Waals surface area contributed by atoms with Crippen LogP contribution in [-0.2, 0) is 22.6 Å². The number of hydrogen-bond acceptors (Lipinski definition) is 5. The first-order valence-corrected chi connectivity index (χ1v) is 8.65. The van der Waals surface area contributed by atoms with Crippen LogP contribution >= 0.6 is 0 Å². The van der Waals surface area contributed by atoms with E-state index in [1.807, 2.05) is 0 Å². The van der Waals surface area contributed by atoms with E-state index in [0.29, 0.717) is 17.6 Å². The van der Waals surface area contributed by atoms with Gasteiger partial charge >= 0.3 is 6.36 Å². The van der Waals surface area contributed by atoms with E-state index in [-0.39, 0.29) is 25.2 Å². The van der Waals surface area contributed by atoms with Crippen molar-refractivity contribution in [2.24, 2.45) is 5.73 Å². The van der Waals surface area contributed by atoms with Gasteiger partial charge in [-0.3, -0.25) is 9.59 Å². The second-order valence-corrected chi connectivity index (χ2v) is 6.10. The van der Waals surface area contributed by atoms with Gasteiger partial charge in [-0.05, 0) is 37.4 Å². The molecule has 0 aliphatic rings. The van der Waals surface area contributed by atoms with Gasteiger partial charge in [0, 0.05) is 31.3 Å². The van der Waals surface area contributed by atoms with Gasteiger partial charge < -0.3 is 25.1 Å². The zero-order valence-electron chi connectivity index (χ0n) is 15.5. The second-order valence-electron chi connectivity index (χ2n) is 6.10. The number of carbonyl (C=O) groups is 1.